The molecule has 0 spiro atoms. The molecule has 2 aromatic heterocycles. The van der Waals surface area contributed by atoms with Gasteiger partial charge < -0.3 is 14.7 Å². The van der Waals surface area contributed by atoms with Crippen LogP contribution in [0.25, 0.3) is 10.9 Å². The molecule has 5 nitrogen and oxygen atoms in total. The molecule has 2 atom stereocenters. The van der Waals surface area contributed by atoms with E-state index in [0.29, 0.717) is 18.8 Å². The molecule has 36 heavy (non-hydrogen) atoms. The molecular formula is C30H34BrN3O2. The van der Waals surface area contributed by atoms with Crippen molar-refractivity contribution in [1.29, 1.82) is 0 Å². The molecule has 2 heterocycles. The summed E-state index contributed by atoms with van der Waals surface area (Å²) < 4.78 is 6.84. The number of aliphatic hydroxyl groups is 1. The van der Waals surface area contributed by atoms with Crippen molar-refractivity contribution in [2.45, 2.75) is 38.7 Å². The van der Waals surface area contributed by atoms with Gasteiger partial charge in [-0.2, -0.15) is 0 Å². The zero-order valence-electron chi connectivity index (χ0n) is 21.8. The molecule has 0 amide bonds. The van der Waals surface area contributed by atoms with E-state index in [4.69, 9.17) is 9.72 Å². The van der Waals surface area contributed by atoms with Crippen LogP contribution in [0, 0.1) is 20.8 Å². The van der Waals surface area contributed by atoms with Crippen molar-refractivity contribution in [1.82, 2.24) is 14.9 Å². The average molecular weight is 549 g/mol. The summed E-state index contributed by atoms with van der Waals surface area (Å²) >= 11 is 3.60. The van der Waals surface area contributed by atoms with Crippen LogP contribution in [-0.4, -0.2) is 47.7 Å². The van der Waals surface area contributed by atoms with Gasteiger partial charge in [0.15, 0.2) is 0 Å². The van der Waals surface area contributed by atoms with Crippen LogP contribution < -0.4 is 4.74 Å². The SMILES string of the molecule is COc1nc2ccc(Br)cc2cc1[C@@H](c1cccc(C)c1)[C@@](O)(CCN(C)C)c1cc(C)nc(C)c1. The zero-order valence-corrected chi connectivity index (χ0v) is 23.4. The largest absolute Gasteiger partial charge is 0.481 e. The lowest BCUT2D eigenvalue weighted by Crippen LogP contribution is -2.38. The fraction of sp³-hybridized carbons (Fsp3) is 0.333. The van der Waals surface area contributed by atoms with Crippen molar-refractivity contribution < 1.29 is 9.84 Å². The number of hydrogen-bond donors (Lipinski definition) is 1. The van der Waals surface area contributed by atoms with Gasteiger partial charge in [0, 0.05) is 39.3 Å². The number of methoxy groups -OCH3 is 1. The molecule has 4 rings (SSSR count). The number of pyridine rings is 2. The van der Waals surface area contributed by atoms with Gasteiger partial charge in [-0.1, -0.05) is 45.8 Å². The topological polar surface area (TPSA) is 58.5 Å². The molecule has 6 heteroatoms. The molecule has 188 valence electrons. The molecule has 0 aliphatic carbocycles. The number of hydrogen-bond acceptors (Lipinski definition) is 5. The van der Waals surface area contributed by atoms with Gasteiger partial charge in [-0.15, -0.1) is 0 Å². The number of ether oxygens (including phenoxy) is 1. The summed E-state index contributed by atoms with van der Waals surface area (Å²) in [6.07, 6.45) is 0.515. The molecule has 1 N–H and O–H groups in total. The van der Waals surface area contributed by atoms with Gasteiger partial charge >= 0.3 is 0 Å². The number of fused-ring (bicyclic) bond motifs is 1. The normalized spacial score (nSPS) is 14.1. The number of rotatable bonds is 8. The van der Waals surface area contributed by atoms with Gasteiger partial charge in [0.2, 0.25) is 5.88 Å². The second-order valence-corrected chi connectivity index (χ2v) is 10.8. The van der Waals surface area contributed by atoms with Crippen LogP contribution in [-0.2, 0) is 5.60 Å². The monoisotopic (exact) mass is 547 g/mol. The van der Waals surface area contributed by atoms with Crippen LogP contribution in [0.15, 0.2) is 65.1 Å². The Bertz CT molecular complexity index is 1370. The molecule has 0 radical (unpaired) electrons. The van der Waals surface area contributed by atoms with E-state index in [2.05, 4.69) is 63.1 Å². The van der Waals surface area contributed by atoms with E-state index in [1.807, 2.05) is 58.3 Å². The number of halogens is 1. The average Bonchev–Trinajstić information content (AvgIpc) is 2.82. The molecule has 0 bridgehead atoms. The van der Waals surface area contributed by atoms with E-state index < -0.39 is 11.5 Å². The highest BCUT2D eigenvalue weighted by molar-refractivity contribution is 9.10. The lowest BCUT2D eigenvalue weighted by Gasteiger charge is -2.39. The van der Waals surface area contributed by atoms with E-state index >= 15 is 0 Å². The number of nitrogens with zero attached hydrogens (tertiary/aromatic N) is 3. The summed E-state index contributed by atoms with van der Waals surface area (Å²) in [6, 6.07) is 20.5. The van der Waals surface area contributed by atoms with Gasteiger partial charge in [0.1, 0.15) is 5.60 Å². The summed E-state index contributed by atoms with van der Waals surface area (Å²) in [6.45, 7) is 6.72. The van der Waals surface area contributed by atoms with Crippen molar-refractivity contribution in [2.75, 3.05) is 27.7 Å². The van der Waals surface area contributed by atoms with Gasteiger partial charge in [-0.05, 0) is 88.8 Å². The van der Waals surface area contributed by atoms with Crippen LogP contribution >= 0.6 is 15.9 Å². The number of aromatic nitrogens is 2. The van der Waals surface area contributed by atoms with E-state index in [0.717, 1.165) is 49.0 Å². The Labute approximate surface area is 222 Å². The summed E-state index contributed by atoms with van der Waals surface area (Å²) in [5.74, 6) is 0.0893. The second kappa shape index (κ2) is 10.7. The van der Waals surface area contributed by atoms with E-state index in [-0.39, 0.29) is 0 Å². The molecule has 0 aliphatic rings. The lowest BCUT2D eigenvalue weighted by atomic mass is 9.71. The molecule has 2 aromatic carbocycles. The predicted molar refractivity (Wildman–Crippen MR) is 150 cm³/mol. The fourth-order valence-electron chi connectivity index (χ4n) is 5.01. The summed E-state index contributed by atoms with van der Waals surface area (Å²) in [5.41, 5.74) is 5.19. The van der Waals surface area contributed by atoms with Crippen molar-refractivity contribution in [3.05, 3.63) is 98.8 Å². The van der Waals surface area contributed by atoms with Crippen LogP contribution in [0.1, 0.15) is 46.0 Å². The summed E-state index contributed by atoms with van der Waals surface area (Å²) in [7, 11) is 5.70. The van der Waals surface area contributed by atoms with Crippen LogP contribution in [0.4, 0.5) is 0 Å². The van der Waals surface area contributed by atoms with Crippen LogP contribution in [0.3, 0.4) is 0 Å². The minimum Gasteiger partial charge on any atom is -0.481 e. The molecule has 0 unspecified atom stereocenters. The van der Waals surface area contributed by atoms with Gasteiger partial charge in [0.25, 0.3) is 0 Å². The standard InChI is InChI=1S/C30H34BrN3O2/c1-19-8-7-9-22(14-19)28(26-18-23-17-25(31)10-11-27(23)33-29(26)36-6)30(35,12-13-34(4)5)24-15-20(2)32-21(3)16-24/h7-11,14-18,28,35H,12-13H2,1-6H3/t28-,30-/m1/s1. The van der Waals surface area contributed by atoms with E-state index in [1.165, 1.54) is 0 Å². The van der Waals surface area contributed by atoms with E-state index in [1.54, 1.807) is 7.11 Å². The Morgan fingerprint density at radius 1 is 0.972 bits per heavy atom. The number of aryl methyl sites for hydroxylation is 3. The Morgan fingerprint density at radius 3 is 2.33 bits per heavy atom. The van der Waals surface area contributed by atoms with E-state index in [9.17, 15) is 5.11 Å². The number of benzene rings is 2. The Kier molecular flexibility index (Phi) is 7.79. The highest BCUT2D eigenvalue weighted by Gasteiger charge is 2.42. The Morgan fingerprint density at radius 2 is 1.69 bits per heavy atom. The summed E-state index contributed by atoms with van der Waals surface area (Å²) in [5, 5.41) is 13.8. The first-order valence-electron chi connectivity index (χ1n) is 12.1. The zero-order chi connectivity index (χ0) is 26.0. The van der Waals surface area contributed by atoms with Gasteiger partial charge in [-0.25, -0.2) is 4.98 Å². The second-order valence-electron chi connectivity index (χ2n) is 9.89. The Hall–Kier alpha value is -2.80. The minimum absolute atomic E-state index is 0.426. The third-order valence-corrected chi connectivity index (χ3v) is 7.14. The first-order valence-corrected chi connectivity index (χ1v) is 12.9. The van der Waals surface area contributed by atoms with Crippen molar-refractivity contribution >= 4 is 26.8 Å². The van der Waals surface area contributed by atoms with Crippen molar-refractivity contribution in [3.63, 3.8) is 0 Å². The van der Waals surface area contributed by atoms with Crippen LogP contribution in [0.2, 0.25) is 0 Å². The quantitative estimate of drug-likeness (QED) is 0.280. The predicted octanol–water partition coefficient (Wildman–Crippen LogP) is 6.30. The lowest BCUT2D eigenvalue weighted by molar-refractivity contribution is 0.00360. The molecule has 0 aliphatic heterocycles. The maximum absolute atomic E-state index is 12.8. The Balaban J connectivity index is 2.06. The third-order valence-electron chi connectivity index (χ3n) is 6.65. The molecule has 4 aromatic rings. The first-order chi connectivity index (χ1) is 17.1. The summed E-state index contributed by atoms with van der Waals surface area (Å²) in [4.78, 5) is 11.6. The van der Waals surface area contributed by atoms with Crippen LogP contribution in [0.5, 0.6) is 5.88 Å². The molecule has 0 saturated heterocycles. The first kappa shape index (κ1) is 26.3. The fourth-order valence-corrected chi connectivity index (χ4v) is 5.39. The van der Waals surface area contributed by atoms with Crippen molar-refractivity contribution in [2.24, 2.45) is 0 Å². The molecule has 0 fully saturated rings. The third kappa shape index (κ3) is 5.46. The highest BCUT2D eigenvalue weighted by atomic mass is 79.9. The smallest absolute Gasteiger partial charge is 0.217 e. The minimum atomic E-state index is -1.24. The molecule has 0 saturated carbocycles. The maximum atomic E-state index is 12.8. The molecular weight excluding hydrogens is 514 g/mol. The van der Waals surface area contributed by atoms with Gasteiger partial charge in [-0.3, -0.25) is 4.98 Å². The van der Waals surface area contributed by atoms with Crippen molar-refractivity contribution in [3.8, 4) is 5.88 Å². The maximum Gasteiger partial charge on any atom is 0.217 e. The van der Waals surface area contributed by atoms with Gasteiger partial charge in [0.05, 0.1) is 12.6 Å². The highest BCUT2D eigenvalue weighted by Crippen LogP contribution is 2.47.